The first-order valence-corrected chi connectivity index (χ1v) is 5.04. The molecule has 1 atom stereocenters. The van der Waals surface area contributed by atoms with E-state index in [0.717, 1.165) is 0 Å². The Bertz CT molecular complexity index is 449. The van der Waals surface area contributed by atoms with Crippen LogP contribution in [-0.4, -0.2) is 29.8 Å². The SMILES string of the molecule is O=C1NNCC(Nc2cccc(C(=O)O)c2)N1. The number of anilines is 1. The molecule has 0 saturated carbocycles. The number of carbonyl (C=O) groups excluding carboxylic acids is 1. The summed E-state index contributed by atoms with van der Waals surface area (Å²) in [5.41, 5.74) is 5.93. The number of amides is 2. The van der Waals surface area contributed by atoms with Gasteiger partial charge >= 0.3 is 12.0 Å². The molecule has 0 spiro atoms. The first kappa shape index (κ1) is 11.2. The summed E-state index contributed by atoms with van der Waals surface area (Å²) < 4.78 is 0. The molecule has 2 amide bonds. The summed E-state index contributed by atoms with van der Waals surface area (Å²) >= 11 is 0. The Hall–Kier alpha value is -2.28. The van der Waals surface area contributed by atoms with Crippen molar-refractivity contribution in [1.29, 1.82) is 0 Å². The number of aromatic carboxylic acids is 1. The number of carboxylic acids is 1. The van der Waals surface area contributed by atoms with Crippen molar-refractivity contribution in [3.05, 3.63) is 29.8 Å². The Morgan fingerprint density at radius 2 is 2.29 bits per heavy atom. The maximum Gasteiger partial charge on any atom is 0.335 e. The minimum Gasteiger partial charge on any atom is -0.478 e. The minimum atomic E-state index is -0.985. The second-order valence-corrected chi connectivity index (χ2v) is 3.56. The molecule has 1 aliphatic rings. The number of carboxylic acid groups (broad SMARTS) is 1. The van der Waals surface area contributed by atoms with Gasteiger partial charge in [-0.05, 0) is 18.2 Å². The van der Waals surface area contributed by atoms with Crippen LogP contribution >= 0.6 is 0 Å². The van der Waals surface area contributed by atoms with Gasteiger partial charge in [0.2, 0.25) is 0 Å². The minimum absolute atomic E-state index is 0.197. The first-order valence-electron chi connectivity index (χ1n) is 5.04. The second kappa shape index (κ2) is 4.71. The van der Waals surface area contributed by atoms with Gasteiger partial charge in [0.15, 0.2) is 0 Å². The molecule has 1 heterocycles. The third kappa shape index (κ3) is 2.85. The molecule has 1 saturated heterocycles. The van der Waals surface area contributed by atoms with E-state index in [0.29, 0.717) is 12.2 Å². The molecule has 0 radical (unpaired) electrons. The Balaban J connectivity index is 2.05. The Morgan fingerprint density at radius 1 is 1.47 bits per heavy atom. The van der Waals surface area contributed by atoms with Crippen molar-refractivity contribution in [2.75, 3.05) is 11.9 Å². The molecule has 5 N–H and O–H groups in total. The highest BCUT2D eigenvalue weighted by Gasteiger charge is 2.16. The average Bonchev–Trinajstić information content (AvgIpc) is 2.29. The van der Waals surface area contributed by atoms with E-state index in [1.807, 2.05) is 0 Å². The molecule has 7 heteroatoms. The van der Waals surface area contributed by atoms with Crippen molar-refractivity contribution >= 4 is 17.7 Å². The van der Waals surface area contributed by atoms with Gasteiger partial charge in [-0.15, -0.1) is 0 Å². The van der Waals surface area contributed by atoms with Gasteiger partial charge in [-0.1, -0.05) is 6.07 Å². The van der Waals surface area contributed by atoms with Crippen LogP contribution in [-0.2, 0) is 0 Å². The van der Waals surface area contributed by atoms with E-state index in [1.54, 1.807) is 12.1 Å². The standard InChI is InChI=1S/C10H12N4O3/c15-9(16)6-2-1-3-7(4-6)12-8-5-11-14-10(17)13-8/h1-4,8,11-12H,5H2,(H,15,16)(H2,13,14,17). The smallest absolute Gasteiger partial charge is 0.335 e. The predicted molar refractivity (Wildman–Crippen MR) is 60.5 cm³/mol. The van der Waals surface area contributed by atoms with Crippen LogP contribution in [0, 0.1) is 0 Å². The predicted octanol–water partition coefficient (Wildman–Crippen LogP) is -0.0598. The number of urea groups is 1. The third-order valence-corrected chi connectivity index (χ3v) is 2.26. The first-order chi connectivity index (χ1) is 8.15. The van der Waals surface area contributed by atoms with Crippen LogP contribution in [0.15, 0.2) is 24.3 Å². The maximum atomic E-state index is 11.0. The zero-order chi connectivity index (χ0) is 12.3. The zero-order valence-electron chi connectivity index (χ0n) is 8.86. The highest BCUT2D eigenvalue weighted by Crippen LogP contribution is 2.11. The fourth-order valence-electron chi connectivity index (χ4n) is 1.51. The average molecular weight is 236 g/mol. The summed E-state index contributed by atoms with van der Waals surface area (Å²) in [6, 6.07) is 6.06. The normalized spacial score (nSPS) is 19.1. The fourth-order valence-corrected chi connectivity index (χ4v) is 1.51. The number of rotatable bonds is 3. The van der Waals surface area contributed by atoms with E-state index < -0.39 is 5.97 Å². The molecule has 17 heavy (non-hydrogen) atoms. The van der Waals surface area contributed by atoms with Crippen LogP contribution in [0.4, 0.5) is 10.5 Å². The summed E-state index contributed by atoms with van der Waals surface area (Å²) in [6.45, 7) is 0.489. The van der Waals surface area contributed by atoms with Crippen molar-refractivity contribution in [2.24, 2.45) is 0 Å². The molecule has 0 aliphatic carbocycles. The lowest BCUT2D eigenvalue weighted by Crippen LogP contribution is -2.61. The molecule has 2 rings (SSSR count). The molecule has 1 aromatic rings. The van der Waals surface area contributed by atoms with Gasteiger partial charge in [0.1, 0.15) is 6.17 Å². The highest BCUT2D eigenvalue weighted by atomic mass is 16.4. The van der Waals surface area contributed by atoms with Gasteiger partial charge in [0.25, 0.3) is 0 Å². The highest BCUT2D eigenvalue weighted by molar-refractivity contribution is 5.88. The maximum absolute atomic E-state index is 11.0. The Kier molecular flexibility index (Phi) is 3.10. The number of hydrogen-bond acceptors (Lipinski definition) is 4. The van der Waals surface area contributed by atoms with Crippen LogP contribution in [0.3, 0.4) is 0 Å². The number of carbonyl (C=O) groups is 2. The monoisotopic (exact) mass is 236 g/mol. The lowest BCUT2D eigenvalue weighted by atomic mass is 10.2. The molecule has 90 valence electrons. The van der Waals surface area contributed by atoms with Crippen LogP contribution in [0.1, 0.15) is 10.4 Å². The van der Waals surface area contributed by atoms with Gasteiger partial charge in [-0.25, -0.2) is 15.0 Å². The topological polar surface area (TPSA) is 102 Å². The molecule has 7 nitrogen and oxygen atoms in total. The van der Waals surface area contributed by atoms with E-state index >= 15 is 0 Å². The van der Waals surface area contributed by atoms with Gasteiger partial charge in [-0.3, -0.25) is 5.43 Å². The van der Waals surface area contributed by atoms with Crippen LogP contribution in [0.25, 0.3) is 0 Å². The van der Waals surface area contributed by atoms with Gasteiger partial charge < -0.3 is 15.7 Å². The van der Waals surface area contributed by atoms with Crippen molar-refractivity contribution in [1.82, 2.24) is 16.2 Å². The largest absolute Gasteiger partial charge is 0.478 e. The summed E-state index contributed by atoms with van der Waals surface area (Å²) in [5.74, 6) is -0.985. The van der Waals surface area contributed by atoms with E-state index in [-0.39, 0.29) is 17.8 Å². The van der Waals surface area contributed by atoms with Gasteiger partial charge in [0.05, 0.1) is 12.1 Å². The van der Waals surface area contributed by atoms with Gasteiger partial charge in [-0.2, -0.15) is 0 Å². The Labute approximate surface area is 97.2 Å². The van der Waals surface area contributed by atoms with E-state index in [2.05, 4.69) is 21.5 Å². The lowest BCUT2D eigenvalue weighted by Gasteiger charge is -2.26. The molecule has 1 aromatic carbocycles. The van der Waals surface area contributed by atoms with Gasteiger partial charge in [0, 0.05) is 5.69 Å². The summed E-state index contributed by atoms with van der Waals surface area (Å²) in [6.07, 6.45) is -0.284. The molecular formula is C10H12N4O3. The molecule has 1 fully saturated rings. The van der Waals surface area contributed by atoms with Crippen LogP contribution in [0.5, 0.6) is 0 Å². The number of benzene rings is 1. The molecule has 0 bridgehead atoms. The quantitative estimate of drug-likeness (QED) is 0.506. The summed E-state index contributed by atoms with van der Waals surface area (Å²) in [4.78, 5) is 21.8. The lowest BCUT2D eigenvalue weighted by molar-refractivity contribution is 0.0697. The summed E-state index contributed by atoms with van der Waals surface area (Å²) in [7, 11) is 0. The van der Waals surface area contributed by atoms with Crippen molar-refractivity contribution in [3.8, 4) is 0 Å². The van der Waals surface area contributed by atoms with Crippen molar-refractivity contribution in [3.63, 3.8) is 0 Å². The molecule has 1 unspecified atom stereocenters. The van der Waals surface area contributed by atoms with E-state index in [4.69, 9.17) is 5.11 Å². The number of hydrazine groups is 1. The van der Waals surface area contributed by atoms with Crippen molar-refractivity contribution < 1.29 is 14.7 Å². The van der Waals surface area contributed by atoms with Crippen LogP contribution in [0.2, 0.25) is 0 Å². The zero-order valence-corrected chi connectivity index (χ0v) is 8.86. The number of nitrogens with one attached hydrogen (secondary N) is 4. The van der Waals surface area contributed by atoms with Crippen LogP contribution < -0.4 is 21.5 Å². The van der Waals surface area contributed by atoms with Crippen molar-refractivity contribution in [2.45, 2.75) is 6.17 Å². The third-order valence-electron chi connectivity index (χ3n) is 2.26. The molecule has 0 aromatic heterocycles. The Morgan fingerprint density at radius 3 is 3.00 bits per heavy atom. The second-order valence-electron chi connectivity index (χ2n) is 3.56. The molecular weight excluding hydrogens is 224 g/mol. The fraction of sp³-hybridized carbons (Fsp3) is 0.200. The number of hydrogen-bond donors (Lipinski definition) is 5. The van der Waals surface area contributed by atoms with E-state index in [1.165, 1.54) is 12.1 Å². The van der Waals surface area contributed by atoms with E-state index in [9.17, 15) is 9.59 Å². The molecule has 1 aliphatic heterocycles. The summed E-state index contributed by atoms with van der Waals surface area (Å²) in [5, 5.41) is 14.5.